The molecule has 6 nitrogen and oxygen atoms in total. The van der Waals surface area contributed by atoms with E-state index in [0.717, 1.165) is 34.5 Å². The van der Waals surface area contributed by atoms with Gasteiger partial charge >= 0.3 is 0 Å². The molecule has 1 saturated heterocycles. The summed E-state index contributed by atoms with van der Waals surface area (Å²) in [5, 5.41) is 5.79. The van der Waals surface area contributed by atoms with Crippen molar-refractivity contribution >= 4 is 39.1 Å². The molecule has 2 atom stereocenters. The number of hydrogen-bond donors (Lipinski definition) is 2. The summed E-state index contributed by atoms with van der Waals surface area (Å²) >= 11 is 3.45. The molecule has 0 bridgehead atoms. The summed E-state index contributed by atoms with van der Waals surface area (Å²) < 4.78 is 6.56. The second-order valence-electron chi connectivity index (χ2n) is 8.10. The molecule has 0 aliphatic carbocycles. The lowest BCUT2D eigenvalue weighted by Crippen LogP contribution is -2.42. The standard InChI is InChI=1S/C24H30BrN3O3/c1-16-9-10-22(21(25)13-16)31-18(3)24(30)26-17(2)14-23(29)27-19-7-6-8-20(15-19)28-11-4-5-12-28/h6-10,13,15,17-18H,4-5,11-12,14H2,1-3H3,(H,26,30)(H,27,29). The maximum Gasteiger partial charge on any atom is 0.260 e. The Morgan fingerprint density at radius 1 is 1.13 bits per heavy atom. The van der Waals surface area contributed by atoms with Gasteiger partial charge < -0.3 is 20.3 Å². The van der Waals surface area contributed by atoms with E-state index in [1.165, 1.54) is 12.8 Å². The van der Waals surface area contributed by atoms with Crippen LogP contribution in [0, 0.1) is 6.92 Å². The Labute approximate surface area is 192 Å². The molecule has 2 amide bonds. The van der Waals surface area contributed by atoms with Crippen LogP contribution in [-0.4, -0.2) is 37.0 Å². The van der Waals surface area contributed by atoms with E-state index in [0.29, 0.717) is 5.75 Å². The second kappa shape index (κ2) is 10.7. The number of amides is 2. The highest BCUT2D eigenvalue weighted by Crippen LogP contribution is 2.27. The molecule has 166 valence electrons. The maximum absolute atomic E-state index is 12.5. The molecule has 1 aliphatic rings. The third-order valence-corrected chi connectivity index (χ3v) is 5.86. The van der Waals surface area contributed by atoms with Crippen molar-refractivity contribution in [2.75, 3.05) is 23.3 Å². The number of rotatable bonds is 8. The van der Waals surface area contributed by atoms with Gasteiger partial charge in [0.05, 0.1) is 4.47 Å². The van der Waals surface area contributed by atoms with Gasteiger partial charge in [0, 0.05) is 36.9 Å². The van der Waals surface area contributed by atoms with E-state index < -0.39 is 6.10 Å². The fraction of sp³-hybridized carbons (Fsp3) is 0.417. The van der Waals surface area contributed by atoms with Crippen molar-refractivity contribution in [3.05, 3.63) is 52.5 Å². The van der Waals surface area contributed by atoms with Gasteiger partial charge in [-0.3, -0.25) is 9.59 Å². The number of aryl methyl sites for hydroxylation is 1. The van der Waals surface area contributed by atoms with Gasteiger partial charge in [0.25, 0.3) is 5.91 Å². The molecule has 0 spiro atoms. The van der Waals surface area contributed by atoms with E-state index in [1.54, 1.807) is 6.92 Å². The molecule has 1 heterocycles. The summed E-state index contributed by atoms with van der Waals surface area (Å²) in [7, 11) is 0. The van der Waals surface area contributed by atoms with Crippen LogP contribution in [0.4, 0.5) is 11.4 Å². The molecule has 0 radical (unpaired) electrons. The van der Waals surface area contributed by atoms with E-state index >= 15 is 0 Å². The number of nitrogens with zero attached hydrogens (tertiary/aromatic N) is 1. The minimum Gasteiger partial charge on any atom is -0.480 e. The molecule has 3 rings (SSSR count). The molecule has 1 fully saturated rings. The molecule has 1 aliphatic heterocycles. The number of anilines is 2. The first-order chi connectivity index (χ1) is 14.8. The van der Waals surface area contributed by atoms with Gasteiger partial charge in [-0.1, -0.05) is 12.1 Å². The largest absolute Gasteiger partial charge is 0.480 e. The lowest BCUT2D eigenvalue weighted by Gasteiger charge is -2.20. The predicted molar refractivity (Wildman–Crippen MR) is 128 cm³/mol. The number of halogens is 1. The predicted octanol–water partition coefficient (Wildman–Crippen LogP) is 4.66. The van der Waals surface area contributed by atoms with E-state index in [1.807, 2.05) is 50.2 Å². The van der Waals surface area contributed by atoms with Crippen molar-refractivity contribution < 1.29 is 14.3 Å². The van der Waals surface area contributed by atoms with Gasteiger partial charge in [0.2, 0.25) is 5.91 Å². The highest BCUT2D eigenvalue weighted by Gasteiger charge is 2.20. The minimum atomic E-state index is -0.679. The first kappa shape index (κ1) is 23.1. The van der Waals surface area contributed by atoms with Crippen molar-refractivity contribution in [2.45, 2.75) is 52.2 Å². The Morgan fingerprint density at radius 3 is 2.58 bits per heavy atom. The quantitative estimate of drug-likeness (QED) is 0.567. The summed E-state index contributed by atoms with van der Waals surface area (Å²) in [5.74, 6) is 0.210. The van der Waals surface area contributed by atoms with Gasteiger partial charge in [-0.05, 0) is 85.4 Å². The average Bonchev–Trinajstić information content (AvgIpc) is 3.25. The zero-order valence-electron chi connectivity index (χ0n) is 18.3. The SMILES string of the molecule is Cc1ccc(OC(C)C(=O)NC(C)CC(=O)Nc2cccc(N3CCCC3)c2)c(Br)c1. The molecule has 2 N–H and O–H groups in total. The molecule has 2 unspecified atom stereocenters. The molecule has 0 saturated carbocycles. The monoisotopic (exact) mass is 487 g/mol. The fourth-order valence-corrected chi connectivity index (χ4v) is 4.19. The summed E-state index contributed by atoms with van der Waals surface area (Å²) in [6, 6.07) is 13.3. The highest BCUT2D eigenvalue weighted by molar-refractivity contribution is 9.10. The number of hydrogen-bond acceptors (Lipinski definition) is 4. The lowest BCUT2D eigenvalue weighted by molar-refractivity contribution is -0.128. The van der Waals surface area contributed by atoms with Crippen molar-refractivity contribution in [1.29, 1.82) is 0 Å². The van der Waals surface area contributed by atoms with Crippen molar-refractivity contribution in [1.82, 2.24) is 5.32 Å². The molecular weight excluding hydrogens is 458 g/mol. The van der Waals surface area contributed by atoms with Crippen molar-refractivity contribution in [3.63, 3.8) is 0 Å². The van der Waals surface area contributed by atoms with Gasteiger partial charge in [0.15, 0.2) is 6.10 Å². The van der Waals surface area contributed by atoms with E-state index in [9.17, 15) is 9.59 Å². The zero-order chi connectivity index (χ0) is 22.4. The molecular formula is C24H30BrN3O3. The number of carbonyl (C=O) groups is 2. The Balaban J connectivity index is 1.48. The number of benzene rings is 2. The van der Waals surface area contributed by atoms with Gasteiger partial charge in [-0.25, -0.2) is 0 Å². The van der Waals surface area contributed by atoms with Crippen LogP contribution in [0.25, 0.3) is 0 Å². The van der Waals surface area contributed by atoms with Gasteiger partial charge in [-0.15, -0.1) is 0 Å². The molecule has 7 heteroatoms. The number of ether oxygens (including phenoxy) is 1. The normalized spacial score (nSPS) is 15.3. The second-order valence-corrected chi connectivity index (χ2v) is 8.95. The van der Waals surface area contributed by atoms with Gasteiger partial charge in [0.1, 0.15) is 5.75 Å². The van der Waals surface area contributed by atoms with Crippen LogP contribution < -0.4 is 20.3 Å². The first-order valence-corrected chi connectivity index (χ1v) is 11.5. The van der Waals surface area contributed by atoms with Crippen LogP contribution in [0.15, 0.2) is 46.9 Å². The minimum absolute atomic E-state index is 0.138. The molecule has 31 heavy (non-hydrogen) atoms. The molecule has 2 aromatic rings. The Bertz CT molecular complexity index is 928. The third-order valence-electron chi connectivity index (χ3n) is 5.24. The third kappa shape index (κ3) is 6.72. The number of carbonyl (C=O) groups excluding carboxylic acids is 2. The zero-order valence-corrected chi connectivity index (χ0v) is 19.9. The van der Waals surface area contributed by atoms with Crippen LogP contribution in [-0.2, 0) is 9.59 Å². The highest BCUT2D eigenvalue weighted by atomic mass is 79.9. The van der Waals surface area contributed by atoms with Crippen LogP contribution >= 0.6 is 15.9 Å². The van der Waals surface area contributed by atoms with Gasteiger partial charge in [-0.2, -0.15) is 0 Å². The van der Waals surface area contributed by atoms with Crippen molar-refractivity contribution in [2.24, 2.45) is 0 Å². The lowest BCUT2D eigenvalue weighted by atomic mass is 10.2. The smallest absolute Gasteiger partial charge is 0.260 e. The number of nitrogens with one attached hydrogen (secondary N) is 2. The Kier molecular flexibility index (Phi) is 7.96. The fourth-order valence-electron chi connectivity index (χ4n) is 3.60. The van der Waals surface area contributed by atoms with E-state index in [-0.39, 0.29) is 24.3 Å². The summed E-state index contributed by atoms with van der Waals surface area (Å²) in [4.78, 5) is 27.3. The summed E-state index contributed by atoms with van der Waals surface area (Å²) in [6.45, 7) is 7.60. The van der Waals surface area contributed by atoms with Crippen molar-refractivity contribution in [3.8, 4) is 5.75 Å². The van der Waals surface area contributed by atoms with Crippen LogP contribution in [0.1, 0.15) is 38.7 Å². The summed E-state index contributed by atoms with van der Waals surface area (Å²) in [5.41, 5.74) is 3.00. The Hall–Kier alpha value is -2.54. The van der Waals surface area contributed by atoms with E-state index in [2.05, 4.69) is 37.5 Å². The Morgan fingerprint density at radius 2 is 1.87 bits per heavy atom. The van der Waals surface area contributed by atoms with Crippen LogP contribution in [0.2, 0.25) is 0 Å². The first-order valence-electron chi connectivity index (χ1n) is 10.7. The molecule has 0 aromatic heterocycles. The maximum atomic E-state index is 12.5. The molecule has 2 aromatic carbocycles. The average molecular weight is 488 g/mol. The van der Waals surface area contributed by atoms with E-state index in [4.69, 9.17) is 4.74 Å². The van der Waals surface area contributed by atoms with Crippen LogP contribution in [0.5, 0.6) is 5.75 Å². The van der Waals surface area contributed by atoms with Crippen LogP contribution in [0.3, 0.4) is 0 Å². The topological polar surface area (TPSA) is 70.7 Å². The summed E-state index contributed by atoms with van der Waals surface area (Å²) in [6.07, 6.45) is 1.91.